The van der Waals surface area contributed by atoms with Gasteiger partial charge in [0.05, 0.1) is 6.10 Å². The molecule has 1 aromatic carbocycles. The lowest BCUT2D eigenvalue weighted by Crippen LogP contribution is -2.36. The van der Waals surface area contributed by atoms with Gasteiger partial charge in [0.25, 0.3) is 0 Å². The Labute approximate surface area is 116 Å². The molecular weight excluding hydrogens is 238 g/mol. The van der Waals surface area contributed by atoms with Crippen LogP contribution in [0.2, 0.25) is 0 Å². The summed E-state index contributed by atoms with van der Waals surface area (Å²) in [7, 11) is 0. The zero-order chi connectivity index (χ0) is 13.5. The van der Waals surface area contributed by atoms with Crippen molar-refractivity contribution >= 4 is 0 Å². The molecule has 1 fully saturated rings. The molecule has 3 nitrogen and oxygen atoms in total. The van der Waals surface area contributed by atoms with Crippen molar-refractivity contribution in [1.29, 1.82) is 0 Å². The first-order valence-corrected chi connectivity index (χ1v) is 7.28. The second kappa shape index (κ2) is 7.63. The summed E-state index contributed by atoms with van der Waals surface area (Å²) < 4.78 is 5.75. The molecule has 0 radical (unpaired) electrons. The van der Waals surface area contributed by atoms with Crippen molar-refractivity contribution in [3.05, 3.63) is 35.4 Å². The SMILES string of the molecule is Cc1ccc(CN2CCC(OCCCO)CC2)cc1. The fraction of sp³-hybridized carbons (Fsp3) is 0.625. The molecule has 3 heteroatoms. The maximum atomic E-state index is 8.73. The molecule has 0 unspecified atom stereocenters. The Bertz CT molecular complexity index is 356. The highest BCUT2D eigenvalue weighted by Crippen LogP contribution is 2.16. The molecule has 0 aliphatic carbocycles. The van der Waals surface area contributed by atoms with Gasteiger partial charge in [-0.3, -0.25) is 4.90 Å². The number of piperidine rings is 1. The van der Waals surface area contributed by atoms with E-state index in [1.807, 2.05) is 0 Å². The standard InChI is InChI=1S/C16H25NO2/c1-14-3-5-15(6-4-14)13-17-9-7-16(8-10-17)19-12-2-11-18/h3-6,16,18H,2,7-13H2,1H3. The largest absolute Gasteiger partial charge is 0.396 e. The van der Waals surface area contributed by atoms with Crippen LogP contribution in [0.1, 0.15) is 30.4 Å². The van der Waals surface area contributed by atoms with Crippen LogP contribution in [-0.4, -0.2) is 42.4 Å². The minimum Gasteiger partial charge on any atom is -0.396 e. The number of ether oxygens (including phenoxy) is 1. The Kier molecular flexibility index (Phi) is 5.83. The molecule has 2 rings (SSSR count). The van der Waals surface area contributed by atoms with Crippen LogP contribution in [0.25, 0.3) is 0 Å². The van der Waals surface area contributed by atoms with Crippen molar-refractivity contribution < 1.29 is 9.84 Å². The van der Waals surface area contributed by atoms with Crippen LogP contribution in [0.15, 0.2) is 24.3 Å². The molecule has 0 amide bonds. The molecule has 0 aromatic heterocycles. The molecular formula is C16H25NO2. The molecule has 19 heavy (non-hydrogen) atoms. The van der Waals surface area contributed by atoms with E-state index in [1.54, 1.807) is 0 Å². The van der Waals surface area contributed by atoms with Crippen LogP contribution < -0.4 is 0 Å². The highest BCUT2D eigenvalue weighted by atomic mass is 16.5. The number of aryl methyl sites for hydroxylation is 1. The molecule has 1 heterocycles. The molecule has 0 spiro atoms. The van der Waals surface area contributed by atoms with Crippen LogP contribution in [0.4, 0.5) is 0 Å². The van der Waals surface area contributed by atoms with Crippen molar-refractivity contribution in [3.63, 3.8) is 0 Å². The van der Waals surface area contributed by atoms with Gasteiger partial charge < -0.3 is 9.84 Å². The second-order valence-corrected chi connectivity index (χ2v) is 5.41. The number of benzene rings is 1. The Hall–Kier alpha value is -0.900. The second-order valence-electron chi connectivity index (χ2n) is 5.41. The first-order valence-electron chi connectivity index (χ1n) is 7.28. The Morgan fingerprint density at radius 2 is 1.89 bits per heavy atom. The average molecular weight is 263 g/mol. The number of hydrogen-bond acceptors (Lipinski definition) is 3. The first kappa shape index (κ1) is 14.5. The third-order valence-electron chi connectivity index (χ3n) is 3.72. The minimum absolute atomic E-state index is 0.228. The lowest BCUT2D eigenvalue weighted by molar-refractivity contribution is 0.000786. The lowest BCUT2D eigenvalue weighted by atomic mass is 10.1. The maximum Gasteiger partial charge on any atom is 0.0599 e. The van der Waals surface area contributed by atoms with E-state index in [2.05, 4.69) is 36.1 Å². The van der Waals surface area contributed by atoms with Gasteiger partial charge in [0.2, 0.25) is 0 Å². The van der Waals surface area contributed by atoms with Crippen molar-refractivity contribution in [3.8, 4) is 0 Å². The van der Waals surface area contributed by atoms with Crippen LogP contribution in [-0.2, 0) is 11.3 Å². The summed E-state index contributed by atoms with van der Waals surface area (Å²) in [6.45, 7) is 6.31. The molecule has 1 aliphatic heterocycles. The predicted octanol–water partition coefficient (Wildman–Crippen LogP) is 2.36. The van der Waals surface area contributed by atoms with Crippen molar-refractivity contribution in [2.45, 2.75) is 38.8 Å². The summed E-state index contributed by atoms with van der Waals surface area (Å²) in [5.74, 6) is 0. The van der Waals surface area contributed by atoms with Gasteiger partial charge >= 0.3 is 0 Å². The summed E-state index contributed by atoms with van der Waals surface area (Å²) in [5.41, 5.74) is 2.71. The maximum absolute atomic E-state index is 8.73. The quantitative estimate of drug-likeness (QED) is 0.800. The van der Waals surface area contributed by atoms with E-state index in [0.29, 0.717) is 12.7 Å². The van der Waals surface area contributed by atoms with E-state index in [1.165, 1.54) is 11.1 Å². The van der Waals surface area contributed by atoms with Crippen LogP contribution >= 0.6 is 0 Å². The van der Waals surface area contributed by atoms with Crippen LogP contribution in [0.3, 0.4) is 0 Å². The van der Waals surface area contributed by atoms with Crippen molar-refractivity contribution in [1.82, 2.24) is 4.90 Å². The molecule has 0 atom stereocenters. The summed E-state index contributed by atoms with van der Waals surface area (Å²) in [5, 5.41) is 8.73. The normalized spacial score (nSPS) is 17.8. The van der Waals surface area contributed by atoms with Gasteiger partial charge in [-0.05, 0) is 31.7 Å². The first-order chi connectivity index (χ1) is 9.28. The topological polar surface area (TPSA) is 32.7 Å². The fourth-order valence-electron chi connectivity index (χ4n) is 2.50. The summed E-state index contributed by atoms with van der Waals surface area (Å²) in [6.07, 6.45) is 3.36. The zero-order valence-electron chi connectivity index (χ0n) is 11.8. The smallest absolute Gasteiger partial charge is 0.0599 e. The van der Waals surface area contributed by atoms with Crippen molar-refractivity contribution in [2.24, 2.45) is 0 Å². The Morgan fingerprint density at radius 3 is 2.53 bits per heavy atom. The molecule has 1 N–H and O–H groups in total. The van der Waals surface area contributed by atoms with E-state index in [9.17, 15) is 0 Å². The number of nitrogens with zero attached hydrogens (tertiary/aromatic N) is 1. The third kappa shape index (κ3) is 4.94. The van der Waals surface area contributed by atoms with Gasteiger partial charge in [-0.25, -0.2) is 0 Å². The predicted molar refractivity (Wildman–Crippen MR) is 77.1 cm³/mol. The monoisotopic (exact) mass is 263 g/mol. The van der Waals surface area contributed by atoms with Crippen LogP contribution in [0, 0.1) is 6.92 Å². The third-order valence-corrected chi connectivity index (χ3v) is 3.72. The number of hydrogen-bond donors (Lipinski definition) is 1. The lowest BCUT2D eigenvalue weighted by Gasteiger charge is -2.31. The Morgan fingerprint density at radius 1 is 1.21 bits per heavy atom. The molecule has 0 bridgehead atoms. The molecule has 1 aromatic rings. The summed E-state index contributed by atoms with van der Waals surface area (Å²) >= 11 is 0. The molecule has 0 saturated carbocycles. The molecule has 1 aliphatic rings. The van der Waals surface area contributed by atoms with Gasteiger partial charge in [-0.2, -0.15) is 0 Å². The average Bonchev–Trinajstić information content (AvgIpc) is 2.44. The summed E-state index contributed by atoms with van der Waals surface area (Å²) in [4.78, 5) is 2.50. The summed E-state index contributed by atoms with van der Waals surface area (Å²) in [6, 6.07) is 8.80. The van der Waals surface area contributed by atoms with Gasteiger partial charge in [0.15, 0.2) is 0 Å². The van der Waals surface area contributed by atoms with Crippen molar-refractivity contribution in [2.75, 3.05) is 26.3 Å². The van der Waals surface area contributed by atoms with Gasteiger partial charge in [0, 0.05) is 32.8 Å². The number of aliphatic hydroxyl groups is 1. The number of aliphatic hydroxyl groups excluding tert-OH is 1. The van der Waals surface area contributed by atoms with E-state index < -0.39 is 0 Å². The Balaban J connectivity index is 1.69. The number of likely N-dealkylation sites (tertiary alicyclic amines) is 1. The highest BCUT2D eigenvalue weighted by Gasteiger charge is 2.19. The van der Waals surface area contributed by atoms with Gasteiger partial charge in [-0.15, -0.1) is 0 Å². The van der Waals surface area contributed by atoms with E-state index in [0.717, 1.165) is 38.9 Å². The molecule has 106 valence electrons. The van der Waals surface area contributed by atoms with E-state index in [-0.39, 0.29) is 6.61 Å². The van der Waals surface area contributed by atoms with Gasteiger partial charge in [-0.1, -0.05) is 29.8 Å². The highest BCUT2D eigenvalue weighted by molar-refractivity contribution is 5.21. The van der Waals surface area contributed by atoms with E-state index in [4.69, 9.17) is 9.84 Å². The van der Waals surface area contributed by atoms with E-state index >= 15 is 0 Å². The van der Waals surface area contributed by atoms with Crippen LogP contribution in [0.5, 0.6) is 0 Å². The zero-order valence-corrected chi connectivity index (χ0v) is 11.8. The fourth-order valence-corrected chi connectivity index (χ4v) is 2.50. The molecule has 1 saturated heterocycles. The van der Waals surface area contributed by atoms with Gasteiger partial charge in [0.1, 0.15) is 0 Å². The number of rotatable bonds is 6. The minimum atomic E-state index is 0.228.